The fraction of sp³-hybridized carbons (Fsp3) is 0.818. The molecule has 86 valence electrons. The van der Waals surface area contributed by atoms with Crippen molar-refractivity contribution in [3.8, 4) is 0 Å². The summed E-state index contributed by atoms with van der Waals surface area (Å²) in [6.07, 6.45) is 3.70. The number of likely N-dealkylation sites (tertiary alicyclic amines) is 1. The normalized spacial score (nSPS) is 21.1. The van der Waals surface area contributed by atoms with Crippen LogP contribution in [-0.4, -0.2) is 29.1 Å². The van der Waals surface area contributed by atoms with E-state index in [1.165, 1.54) is 4.90 Å². The SMILES string of the molecule is CCCC1CC(=O)N(C(=O)CCCCl)C1. The predicted molar refractivity (Wildman–Crippen MR) is 59.7 cm³/mol. The van der Waals surface area contributed by atoms with E-state index in [1.54, 1.807) is 0 Å². The van der Waals surface area contributed by atoms with Crippen LogP contribution in [0.15, 0.2) is 0 Å². The molecule has 0 saturated carbocycles. The zero-order valence-electron chi connectivity index (χ0n) is 9.17. The second kappa shape index (κ2) is 6.11. The van der Waals surface area contributed by atoms with Gasteiger partial charge in [-0.3, -0.25) is 14.5 Å². The van der Waals surface area contributed by atoms with Crippen molar-refractivity contribution in [1.29, 1.82) is 0 Å². The third-order valence-corrected chi connectivity index (χ3v) is 2.99. The van der Waals surface area contributed by atoms with Crippen LogP contribution >= 0.6 is 11.6 Å². The fourth-order valence-corrected chi connectivity index (χ4v) is 2.11. The van der Waals surface area contributed by atoms with E-state index in [2.05, 4.69) is 6.92 Å². The first-order chi connectivity index (χ1) is 7.19. The summed E-state index contributed by atoms with van der Waals surface area (Å²) in [5.74, 6) is 0.793. The maximum Gasteiger partial charge on any atom is 0.229 e. The average Bonchev–Trinajstić information content (AvgIpc) is 2.57. The summed E-state index contributed by atoms with van der Waals surface area (Å²) in [4.78, 5) is 24.6. The molecule has 1 unspecified atom stereocenters. The van der Waals surface area contributed by atoms with Crippen molar-refractivity contribution in [2.45, 2.75) is 39.0 Å². The van der Waals surface area contributed by atoms with Crippen LogP contribution in [0.2, 0.25) is 0 Å². The molecule has 1 rings (SSSR count). The number of nitrogens with zero attached hydrogens (tertiary/aromatic N) is 1. The van der Waals surface area contributed by atoms with E-state index < -0.39 is 0 Å². The third-order valence-electron chi connectivity index (χ3n) is 2.73. The zero-order valence-corrected chi connectivity index (χ0v) is 9.92. The molecule has 0 aromatic carbocycles. The molecule has 1 saturated heterocycles. The smallest absolute Gasteiger partial charge is 0.229 e. The maximum absolute atomic E-state index is 11.6. The molecule has 0 bridgehead atoms. The highest BCUT2D eigenvalue weighted by molar-refractivity contribution is 6.18. The Morgan fingerprint density at radius 2 is 2.33 bits per heavy atom. The van der Waals surface area contributed by atoms with E-state index >= 15 is 0 Å². The number of hydrogen-bond donors (Lipinski definition) is 0. The summed E-state index contributed by atoms with van der Waals surface area (Å²) in [7, 11) is 0. The monoisotopic (exact) mass is 231 g/mol. The summed E-state index contributed by atoms with van der Waals surface area (Å²) in [5, 5.41) is 0. The molecule has 15 heavy (non-hydrogen) atoms. The standard InChI is InChI=1S/C11H18ClNO2/c1-2-4-9-7-11(15)13(8-9)10(14)5-3-6-12/h9H,2-8H2,1H3. The van der Waals surface area contributed by atoms with Crippen LogP contribution in [0, 0.1) is 5.92 Å². The minimum atomic E-state index is -0.0562. The lowest BCUT2D eigenvalue weighted by atomic mass is 10.0. The van der Waals surface area contributed by atoms with E-state index in [1.807, 2.05) is 0 Å². The second-order valence-electron chi connectivity index (χ2n) is 4.05. The topological polar surface area (TPSA) is 37.4 Å². The van der Waals surface area contributed by atoms with Crippen molar-refractivity contribution in [3.05, 3.63) is 0 Å². The minimum Gasteiger partial charge on any atom is -0.282 e. The number of hydrogen-bond acceptors (Lipinski definition) is 2. The highest BCUT2D eigenvalue weighted by Crippen LogP contribution is 2.22. The molecule has 0 radical (unpaired) electrons. The lowest BCUT2D eigenvalue weighted by Crippen LogP contribution is -2.32. The van der Waals surface area contributed by atoms with Gasteiger partial charge in [0.1, 0.15) is 0 Å². The highest BCUT2D eigenvalue weighted by atomic mass is 35.5. The number of alkyl halides is 1. The Labute approximate surface area is 95.8 Å². The van der Waals surface area contributed by atoms with Gasteiger partial charge < -0.3 is 0 Å². The highest BCUT2D eigenvalue weighted by Gasteiger charge is 2.32. The van der Waals surface area contributed by atoms with Crippen molar-refractivity contribution in [3.63, 3.8) is 0 Å². The summed E-state index contributed by atoms with van der Waals surface area (Å²) in [5.41, 5.74) is 0. The van der Waals surface area contributed by atoms with Gasteiger partial charge in [-0.2, -0.15) is 0 Å². The molecular formula is C11H18ClNO2. The van der Waals surface area contributed by atoms with Gasteiger partial charge in [-0.25, -0.2) is 0 Å². The summed E-state index contributed by atoms with van der Waals surface area (Å²) in [6.45, 7) is 2.72. The van der Waals surface area contributed by atoms with Crippen molar-refractivity contribution in [1.82, 2.24) is 4.90 Å². The van der Waals surface area contributed by atoms with Crippen LogP contribution in [0.5, 0.6) is 0 Å². The molecule has 1 fully saturated rings. The van der Waals surface area contributed by atoms with Crippen LogP contribution < -0.4 is 0 Å². The van der Waals surface area contributed by atoms with E-state index in [9.17, 15) is 9.59 Å². The van der Waals surface area contributed by atoms with Crippen molar-refractivity contribution in [2.75, 3.05) is 12.4 Å². The molecular weight excluding hydrogens is 214 g/mol. The first-order valence-electron chi connectivity index (χ1n) is 5.58. The summed E-state index contributed by atoms with van der Waals surface area (Å²) >= 11 is 5.51. The van der Waals surface area contributed by atoms with Crippen molar-refractivity contribution < 1.29 is 9.59 Å². The Morgan fingerprint density at radius 1 is 1.60 bits per heavy atom. The number of rotatable bonds is 5. The Bertz CT molecular complexity index is 243. The van der Waals surface area contributed by atoms with Gasteiger partial charge in [-0.1, -0.05) is 13.3 Å². The number of imide groups is 1. The predicted octanol–water partition coefficient (Wildman–Crippen LogP) is 2.18. The number of amides is 2. The molecule has 0 aromatic heterocycles. The van der Waals surface area contributed by atoms with E-state index in [4.69, 9.17) is 11.6 Å². The molecule has 0 N–H and O–H groups in total. The van der Waals surface area contributed by atoms with E-state index in [0.29, 0.717) is 37.6 Å². The lowest BCUT2D eigenvalue weighted by molar-refractivity contribution is -0.141. The maximum atomic E-state index is 11.6. The third kappa shape index (κ3) is 3.49. The van der Waals surface area contributed by atoms with Gasteiger partial charge in [-0.15, -0.1) is 11.6 Å². The minimum absolute atomic E-state index is 0.00646. The molecule has 3 nitrogen and oxygen atoms in total. The van der Waals surface area contributed by atoms with Crippen LogP contribution in [0.1, 0.15) is 39.0 Å². The number of carbonyl (C=O) groups is 2. The molecule has 2 amide bonds. The quantitative estimate of drug-likeness (QED) is 0.681. The van der Waals surface area contributed by atoms with Crippen LogP contribution in [-0.2, 0) is 9.59 Å². The Hall–Kier alpha value is -0.570. The van der Waals surface area contributed by atoms with Gasteiger partial charge in [0, 0.05) is 25.3 Å². The van der Waals surface area contributed by atoms with Crippen molar-refractivity contribution in [2.24, 2.45) is 5.92 Å². The molecule has 0 aliphatic carbocycles. The molecule has 0 spiro atoms. The second-order valence-corrected chi connectivity index (χ2v) is 4.43. The van der Waals surface area contributed by atoms with Gasteiger partial charge in [-0.05, 0) is 18.8 Å². The number of halogens is 1. The molecule has 1 atom stereocenters. The first-order valence-corrected chi connectivity index (χ1v) is 6.11. The molecule has 4 heteroatoms. The van der Waals surface area contributed by atoms with Gasteiger partial charge in [0.15, 0.2) is 0 Å². The molecule has 1 aliphatic rings. The number of carbonyl (C=O) groups excluding carboxylic acids is 2. The molecule has 1 aliphatic heterocycles. The van der Waals surface area contributed by atoms with Gasteiger partial charge >= 0.3 is 0 Å². The van der Waals surface area contributed by atoms with Crippen LogP contribution in [0.3, 0.4) is 0 Å². The zero-order chi connectivity index (χ0) is 11.3. The van der Waals surface area contributed by atoms with Gasteiger partial charge in [0.25, 0.3) is 0 Å². The average molecular weight is 232 g/mol. The largest absolute Gasteiger partial charge is 0.282 e. The van der Waals surface area contributed by atoms with Crippen molar-refractivity contribution >= 4 is 23.4 Å². The summed E-state index contributed by atoms with van der Waals surface area (Å²) in [6, 6.07) is 0. The first kappa shape index (κ1) is 12.5. The summed E-state index contributed by atoms with van der Waals surface area (Å²) < 4.78 is 0. The van der Waals surface area contributed by atoms with Crippen LogP contribution in [0.25, 0.3) is 0 Å². The van der Waals surface area contributed by atoms with Gasteiger partial charge in [0.2, 0.25) is 11.8 Å². The van der Waals surface area contributed by atoms with Crippen LogP contribution in [0.4, 0.5) is 0 Å². The van der Waals surface area contributed by atoms with Gasteiger partial charge in [0.05, 0.1) is 0 Å². The molecule has 1 heterocycles. The van der Waals surface area contributed by atoms with E-state index in [0.717, 1.165) is 12.8 Å². The molecule has 0 aromatic rings. The fourth-order valence-electron chi connectivity index (χ4n) is 1.98. The lowest BCUT2D eigenvalue weighted by Gasteiger charge is -2.14. The Morgan fingerprint density at radius 3 is 2.93 bits per heavy atom. The van der Waals surface area contributed by atoms with E-state index in [-0.39, 0.29) is 11.8 Å². The Kier molecular flexibility index (Phi) is 5.09. The Balaban J connectivity index is 2.42.